The summed E-state index contributed by atoms with van der Waals surface area (Å²) in [6.07, 6.45) is 5.83. The van der Waals surface area contributed by atoms with E-state index >= 15 is 0 Å². The van der Waals surface area contributed by atoms with Crippen LogP contribution in [0, 0.1) is 0 Å². The number of amides is 1. The number of likely N-dealkylation sites (tertiary alicyclic amines) is 1. The van der Waals surface area contributed by atoms with Crippen LogP contribution in [0.25, 0.3) is 0 Å². The van der Waals surface area contributed by atoms with Crippen LogP contribution >= 0.6 is 0 Å². The summed E-state index contributed by atoms with van der Waals surface area (Å²) < 4.78 is 0. The number of rotatable bonds is 7. The molecule has 1 aliphatic heterocycles. The molecule has 0 bridgehead atoms. The number of nitrogens with one attached hydrogen (secondary N) is 1. The molecule has 19 heavy (non-hydrogen) atoms. The summed E-state index contributed by atoms with van der Waals surface area (Å²) in [6, 6.07) is 1.31. The lowest BCUT2D eigenvalue weighted by atomic mass is 10.0. The van der Waals surface area contributed by atoms with Crippen LogP contribution in [-0.4, -0.2) is 60.5 Å². The minimum absolute atomic E-state index is 0.0927. The van der Waals surface area contributed by atoms with Gasteiger partial charge in [-0.05, 0) is 46.1 Å². The molecule has 2 rings (SSSR count). The fourth-order valence-electron chi connectivity index (χ4n) is 2.66. The average Bonchev–Trinajstić information content (AvgIpc) is 3.22. The maximum atomic E-state index is 12.4. The van der Waals surface area contributed by atoms with Crippen molar-refractivity contribution >= 4 is 5.91 Å². The standard InChI is InChI=1S/C15H29N3O/c1-4-12(2)17(3)10-11-18-9-5-6-14(15(18)19)16-13-7-8-13/h12-14,16H,4-11H2,1-3H3. The Kier molecular flexibility index (Phi) is 5.22. The highest BCUT2D eigenvalue weighted by Crippen LogP contribution is 2.22. The summed E-state index contributed by atoms with van der Waals surface area (Å²) in [5.41, 5.74) is 0. The number of likely N-dealkylation sites (N-methyl/N-ethyl adjacent to an activating group) is 1. The number of hydrogen-bond donors (Lipinski definition) is 1. The molecule has 1 heterocycles. The molecule has 1 N–H and O–H groups in total. The molecule has 0 aromatic carbocycles. The highest BCUT2D eigenvalue weighted by molar-refractivity contribution is 5.82. The molecule has 1 saturated carbocycles. The van der Waals surface area contributed by atoms with Gasteiger partial charge in [-0.3, -0.25) is 4.79 Å². The van der Waals surface area contributed by atoms with Crippen molar-refractivity contribution in [3.8, 4) is 0 Å². The monoisotopic (exact) mass is 267 g/mol. The third kappa shape index (κ3) is 4.18. The zero-order valence-electron chi connectivity index (χ0n) is 12.7. The van der Waals surface area contributed by atoms with E-state index < -0.39 is 0 Å². The van der Waals surface area contributed by atoms with Crippen molar-refractivity contribution in [1.29, 1.82) is 0 Å². The number of carbonyl (C=O) groups is 1. The third-order valence-corrected chi connectivity index (χ3v) is 4.61. The molecule has 4 heteroatoms. The SMILES string of the molecule is CCC(C)N(C)CCN1CCCC(NC2CC2)C1=O. The van der Waals surface area contributed by atoms with Gasteiger partial charge in [0.25, 0.3) is 0 Å². The van der Waals surface area contributed by atoms with E-state index in [0.717, 1.165) is 38.9 Å². The van der Waals surface area contributed by atoms with Crippen LogP contribution in [0.2, 0.25) is 0 Å². The van der Waals surface area contributed by atoms with Gasteiger partial charge in [-0.15, -0.1) is 0 Å². The average molecular weight is 267 g/mol. The first kappa shape index (κ1) is 14.8. The van der Waals surface area contributed by atoms with E-state index in [0.29, 0.717) is 18.0 Å². The maximum Gasteiger partial charge on any atom is 0.239 e. The Balaban J connectivity index is 1.77. The summed E-state index contributed by atoms with van der Waals surface area (Å²) in [6.45, 7) is 7.26. The van der Waals surface area contributed by atoms with Crippen molar-refractivity contribution in [2.24, 2.45) is 0 Å². The highest BCUT2D eigenvalue weighted by Gasteiger charge is 2.33. The molecule has 0 spiro atoms. The van der Waals surface area contributed by atoms with Gasteiger partial charge in [-0.2, -0.15) is 0 Å². The first-order valence-electron chi connectivity index (χ1n) is 7.87. The lowest BCUT2D eigenvalue weighted by Gasteiger charge is -2.34. The Morgan fingerprint density at radius 3 is 2.79 bits per heavy atom. The van der Waals surface area contributed by atoms with Crippen molar-refractivity contribution in [3.63, 3.8) is 0 Å². The van der Waals surface area contributed by atoms with Crippen LogP contribution in [0.4, 0.5) is 0 Å². The van der Waals surface area contributed by atoms with Crippen molar-refractivity contribution in [3.05, 3.63) is 0 Å². The smallest absolute Gasteiger partial charge is 0.239 e. The first-order chi connectivity index (χ1) is 9.11. The molecule has 2 fully saturated rings. The van der Waals surface area contributed by atoms with Gasteiger partial charge < -0.3 is 15.1 Å². The fraction of sp³-hybridized carbons (Fsp3) is 0.933. The second kappa shape index (κ2) is 6.71. The van der Waals surface area contributed by atoms with Gasteiger partial charge >= 0.3 is 0 Å². The molecule has 0 aromatic rings. The number of carbonyl (C=O) groups excluding carboxylic acids is 1. The van der Waals surface area contributed by atoms with E-state index in [1.807, 2.05) is 0 Å². The minimum Gasteiger partial charge on any atom is -0.340 e. The zero-order valence-corrected chi connectivity index (χ0v) is 12.7. The summed E-state index contributed by atoms with van der Waals surface area (Å²) >= 11 is 0. The van der Waals surface area contributed by atoms with Crippen molar-refractivity contribution in [1.82, 2.24) is 15.1 Å². The minimum atomic E-state index is 0.0927. The van der Waals surface area contributed by atoms with E-state index in [1.54, 1.807) is 0 Å². The molecule has 1 aliphatic carbocycles. The summed E-state index contributed by atoms with van der Waals surface area (Å²) in [5, 5.41) is 3.49. The van der Waals surface area contributed by atoms with Gasteiger partial charge in [0.15, 0.2) is 0 Å². The lowest BCUT2D eigenvalue weighted by molar-refractivity contribution is -0.136. The largest absolute Gasteiger partial charge is 0.340 e. The Hall–Kier alpha value is -0.610. The van der Waals surface area contributed by atoms with Gasteiger partial charge in [0.2, 0.25) is 5.91 Å². The first-order valence-corrected chi connectivity index (χ1v) is 7.87. The molecule has 0 aromatic heterocycles. The number of hydrogen-bond acceptors (Lipinski definition) is 3. The predicted molar refractivity (Wildman–Crippen MR) is 78.1 cm³/mol. The molecule has 0 radical (unpaired) electrons. The van der Waals surface area contributed by atoms with Gasteiger partial charge in [-0.1, -0.05) is 6.92 Å². The maximum absolute atomic E-state index is 12.4. The molecular formula is C15H29N3O. The summed E-state index contributed by atoms with van der Waals surface area (Å²) in [5.74, 6) is 0.329. The van der Waals surface area contributed by atoms with Crippen LogP contribution in [0.15, 0.2) is 0 Å². The van der Waals surface area contributed by atoms with Crippen LogP contribution in [0.3, 0.4) is 0 Å². The molecule has 1 saturated heterocycles. The van der Waals surface area contributed by atoms with Crippen LogP contribution in [0.1, 0.15) is 46.0 Å². The van der Waals surface area contributed by atoms with Gasteiger partial charge in [0.1, 0.15) is 0 Å². The summed E-state index contributed by atoms with van der Waals surface area (Å²) in [7, 11) is 2.16. The highest BCUT2D eigenvalue weighted by atomic mass is 16.2. The van der Waals surface area contributed by atoms with Crippen molar-refractivity contribution in [2.45, 2.75) is 64.1 Å². The number of nitrogens with zero attached hydrogens (tertiary/aromatic N) is 2. The normalized spacial score (nSPS) is 26.0. The second-order valence-electron chi connectivity index (χ2n) is 6.20. The van der Waals surface area contributed by atoms with Crippen molar-refractivity contribution in [2.75, 3.05) is 26.7 Å². The molecule has 2 unspecified atom stereocenters. The molecular weight excluding hydrogens is 238 g/mol. The fourth-order valence-corrected chi connectivity index (χ4v) is 2.66. The molecule has 110 valence electrons. The topological polar surface area (TPSA) is 35.6 Å². The molecule has 1 amide bonds. The quantitative estimate of drug-likeness (QED) is 0.758. The Labute approximate surface area is 117 Å². The molecule has 2 aliphatic rings. The lowest BCUT2D eigenvalue weighted by Crippen LogP contribution is -2.53. The predicted octanol–water partition coefficient (Wildman–Crippen LogP) is 1.46. The second-order valence-corrected chi connectivity index (χ2v) is 6.20. The Morgan fingerprint density at radius 1 is 1.42 bits per heavy atom. The summed E-state index contributed by atoms with van der Waals surface area (Å²) in [4.78, 5) is 16.8. The molecule has 4 nitrogen and oxygen atoms in total. The number of piperidine rings is 1. The van der Waals surface area contributed by atoms with E-state index in [1.165, 1.54) is 12.8 Å². The van der Waals surface area contributed by atoms with Crippen LogP contribution in [0.5, 0.6) is 0 Å². The Bertz CT molecular complexity index is 304. The van der Waals surface area contributed by atoms with Gasteiger partial charge in [0, 0.05) is 31.7 Å². The molecule has 2 atom stereocenters. The zero-order chi connectivity index (χ0) is 13.8. The van der Waals surface area contributed by atoms with Gasteiger partial charge in [0.05, 0.1) is 6.04 Å². The van der Waals surface area contributed by atoms with Crippen LogP contribution < -0.4 is 5.32 Å². The van der Waals surface area contributed by atoms with Crippen LogP contribution in [-0.2, 0) is 4.79 Å². The van der Waals surface area contributed by atoms with Crippen molar-refractivity contribution < 1.29 is 4.79 Å². The van der Waals surface area contributed by atoms with Gasteiger partial charge in [-0.25, -0.2) is 0 Å². The van der Waals surface area contributed by atoms with E-state index in [-0.39, 0.29) is 6.04 Å². The third-order valence-electron chi connectivity index (χ3n) is 4.61. The van der Waals surface area contributed by atoms with E-state index in [9.17, 15) is 4.79 Å². The Morgan fingerprint density at radius 2 is 2.16 bits per heavy atom. The van der Waals surface area contributed by atoms with E-state index in [4.69, 9.17) is 0 Å². The van der Waals surface area contributed by atoms with E-state index in [2.05, 4.69) is 36.0 Å².